The summed E-state index contributed by atoms with van der Waals surface area (Å²) in [6.45, 7) is 0.597. The van der Waals surface area contributed by atoms with Gasteiger partial charge in [-0.2, -0.15) is 0 Å². The molecule has 9 heteroatoms. The van der Waals surface area contributed by atoms with Gasteiger partial charge in [0.15, 0.2) is 9.84 Å². The number of carbonyl (C=O) groups is 3. The van der Waals surface area contributed by atoms with Crippen molar-refractivity contribution in [1.29, 1.82) is 0 Å². The molecule has 0 aromatic rings. The number of likely N-dealkylation sites (tertiary alicyclic amines) is 1. The Morgan fingerprint density at radius 3 is 2.67 bits per heavy atom. The molecule has 3 saturated heterocycles. The van der Waals surface area contributed by atoms with Gasteiger partial charge in [-0.25, -0.2) is 13.2 Å². The van der Waals surface area contributed by atoms with Crippen LogP contribution in [0.25, 0.3) is 0 Å². The molecule has 3 heterocycles. The van der Waals surface area contributed by atoms with Crippen LogP contribution in [0.15, 0.2) is 0 Å². The fourth-order valence-corrected chi connectivity index (χ4v) is 5.04. The highest BCUT2D eigenvalue weighted by Crippen LogP contribution is 2.28. The van der Waals surface area contributed by atoms with Gasteiger partial charge in [-0.15, -0.1) is 0 Å². The molecular weight excluding hydrogens is 298 g/mol. The molecule has 2 atom stereocenters. The highest BCUT2D eigenvalue weighted by Gasteiger charge is 2.50. The molecule has 3 fully saturated rings. The Bertz CT molecular complexity index is 616. The summed E-state index contributed by atoms with van der Waals surface area (Å²) in [5.74, 6) is -1.24. The smallest absolute Gasteiger partial charge is 0.322 e. The van der Waals surface area contributed by atoms with Crippen molar-refractivity contribution in [3.8, 4) is 0 Å². The van der Waals surface area contributed by atoms with Crippen LogP contribution in [-0.2, 0) is 19.4 Å². The number of carbonyl (C=O) groups excluding carboxylic acids is 3. The quantitative estimate of drug-likeness (QED) is 0.579. The van der Waals surface area contributed by atoms with Crippen LogP contribution in [0.5, 0.6) is 0 Å². The summed E-state index contributed by atoms with van der Waals surface area (Å²) in [4.78, 5) is 37.2. The fourth-order valence-electron chi connectivity index (χ4n) is 3.31. The summed E-state index contributed by atoms with van der Waals surface area (Å²) < 4.78 is 23.0. The number of piperidine rings is 1. The lowest BCUT2D eigenvalue weighted by atomic mass is 9.88. The highest BCUT2D eigenvalue weighted by atomic mass is 32.2. The van der Waals surface area contributed by atoms with Crippen LogP contribution in [0.4, 0.5) is 4.79 Å². The van der Waals surface area contributed by atoms with Gasteiger partial charge in [-0.1, -0.05) is 0 Å². The van der Waals surface area contributed by atoms with Gasteiger partial charge in [0, 0.05) is 6.54 Å². The maximum atomic E-state index is 12.4. The second-order valence-corrected chi connectivity index (χ2v) is 8.18. The SMILES string of the molecule is O=C1NC(=O)C2(CCCN(C(=O)C3CCS(=O)(=O)C3)C2)N1. The molecule has 4 amide bonds. The first kappa shape index (κ1) is 14.3. The van der Waals surface area contributed by atoms with Gasteiger partial charge >= 0.3 is 6.03 Å². The Morgan fingerprint density at radius 2 is 2.10 bits per heavy atom. The van der Waals surface area contributed by atoms with Crippen molar-refractivity contribution < 1.29 is 22.8 Å². The lowest BCUT2D eigenvalue weighted by molar-refractivity contribution is -0.139. The largest absolute Gasteiger partial charge is 0.340 e. The third-order valence-corrected chi connectivity index (χ3v) is 6.17. The molecule has 8 nitrogen and oxygen atoms in total. The summed E-state index contributed by atoms with van der Waals surface area (Å²) in [6.07, 6.45) is 1.42. The summed E-state index contributed by atoms with van der Waals surface area (Å²) >= 11 is 0. The van der Waals surface area contributed by atoms with Gasteiger partial charge in [-0.3, -0.25) is 14.9 Å². The monoisotopic (exact) mass is 315 g/mol. The Morgan fingerprint density at radius 1 is 1.33 bits per heavy atom. The minimum absolute atomic E-state index is 0.0413. The lowest BCUT2D eigenvalue weighted by Crippen LogP contribution is -2.60. The molecule has 0 radical (unpaired) electrons. The third-order valence-electron chi connectivity index (χ3n) is 4.40. The number of amides is 4. The zero-order valence-electron chi connectivity index (χ0n) is 11.4. The number of urea groups is 1. The van der Waals surface area contributed by atoms with Crippen molar-refractivity contribution in [3.05, 3.63) is 0 Å². The van der Waals surface area contributed by atoms with E-state index < -0.39 is 33.2 Å². The summed E-state index contributed by atoms with van der Waals surface area (Å²) in [5, 5.41) is 4.80. The maximum Gasteiger partial charge on any atom is 0.322 e. The standard InChI is InChI=1S/C12H17N3O5S/c16-9(8-2-5-21(19,20)6-8)15-4-1-3-12(7-15)10(17)13-11(18)14-12/h8H,1-7H2,(H2,13,14,17,18). The molecule has 2 unspecified atom stereocenters. The van der Waals surface area contributed by atoms with Crippen LogP contribution in [0.2, 0.25) is 0 Å². The Labute approximate surface area is 122 Å². The number of rotatable bonds is 1. The normalized spacial score (nSPS) is 34.9. The molecule has 3 rings (SSSR count). The predicted molar refractivity (Wildman–Crippen MR) is 72.0 cm³/mol. The minimum Gasteiger partial charge on any atom is -0.340 e. The molecular formula is C12H17N3O5S. The van der Waals surface area contributed by atoms with Crippen LogP contribution in [-0.4, -0.2) is 61.3 Å². The van der Waals surface area contributed by atoms with E-state index in [0.29, 0.717) is 25.8 Å². The second-order valence-electron chi connectivity index (χ2n) is 5.95. The van der Waals surface area contributed by atoms with E-state index in [1.54, 1.807) is 0 Å². The zero-order chi connectivity index (χ0) is 15.3. The number of hydrogen-bond acceptors (Lipinski definition) is 5. The fraction of sp³-hybridized carbons (Fsp3) is 0.750. The van der Waals surface area contributed by atoms with Crippen molar-refractivity contribution in [3.63, 3.8) is 0 Å². The van der Waals surface area contributed by atoms with Crippen LogP contribution >= 0.6 is 0 Å². The Kier molecular flexibility index (Phi) is 3.19. The van der Waals surface area contributed by atoms with Gasteiger partial charge in [0.2, 0.25) is 5.91 Å². The van der Waals surface area contributed by atoms with E-state index in [-0.39, 0.29) is 24.0 Å². The van der Waals surface area contributed by atoms with E-state index in [2.05, 4.69) is 10.6 Å². The van der Waals surface area contributed by atoms with E-state index in [0.717, 1.165) is 0 Å². The van der Waals surface area contributed by atoms with Crippen molar-refractivity contribution in [2.45, 2.75) is 24.8 Å². The number of nitrogens with zero attached hydrogens (tertiary/aromatic N) is 1. The van der Waals surface area contributed by atoms with Gasteiger partial charge in [0.25, 0.3) is 5.91 Å². The summed E-state index contributed by atoms with van der Waals surface area (Å²) in [7, 11) is -3.12. The number of nitrogens with one attached hydrogen (secondary N) is 2. The molecule has 116 valence electrons. The Balaban J connectivity index is 1.73. The van der Waals surface area contributed by atoms with E-state index in [9.17, 15) is 22.8 Å². The van der Waals surface area contributed by atoms with Crippen LogP contribution in [0, 0.1) is 5.92 Å². The van der Waals surface area contributed by atoms with E-state index >= 15 is 0 Å². The molecule has 0 bridgehead atoms. The average molecular weight is 315 g/mol. The van der Waals surface area contributed by atoms with Crippen LogP contribution < -0.4 is 10.6 Å². The minimum atomic E-state index is -3.12. The van der Waals surface area contributed by atoms with Gasteiger partial charge in [0.05, 0.1) is 24.0 Å². The molecule has 3 aliphatic heterocycles. The average Bonchev–Trinajstić information content (AvgIpc) is 2.89. The highest BCUT2D eigenvalue weighted by molar-refractivity contribution is 7.91. The van der Waals surface area contributed by atoms with Crippen LogP contribution in [0.3, 0.4) is 0 Å². The summed E-state index contributed by atoms with van der Waals surface area (Å²) in [6, 6.07) is -0.544. The van der Waals surface area contributed by atoms with Crippen molar-refractivity contribution >= 4 is 27.7 Å². The topological polar surface area (TPSA) is 113 Å². The first-order valence-corrected chi connectivity index (χ1v) is 8.76. The maximum absolute atomic E-state index is 12.4. The molecule has 0 aromatic heterocycles. The van der Waals surface area contributed by atoms with Gasteiger partial charge in [-0.05, 0) is 19.3 Å². The third kappa shape index (κ3) is 2.50. The molecule has 21 heavy (non-hydrogen) atoms. The van der Waals surface area contributed by atoms with Crippen LogP contribution in [0.1, 0.15) is 19.3 Å². The molecule has 0 saturated carbocycles. The number of hydrogen-bond donors (Lipinski definition) is 2. The van der Waals surface area contributed by atoms with E-state index in [4.69, 9.17) is 0 Å². The lowest BCUT2D eigenvalue weighted by Gasteiger charge is -2.38. The van der Waals surface area contributed by atoms with Crippen molar-refractivity contribution in [2.24, 2.45) is 5.92 Å². The predicted octanol–water partition coefficient (Wildman–Crippen LogP) is -1.38. The molecule has 0 aromatic carbocycles. The van der Waals surface area contributed by atoms with Gasteiger partial charge in [0.1, 0.15) is 5.54 Å². The molecule has 3 aliphatic rings. The Hall–Kier alpha value is -1.64. The molecule has 2 N–H and O–H groups in total. The first-order valence-electron chi connectivity index (χ1n) is 6.94. The van der Waals surface area contributed by atoms with Crippen molar-refractivity contribution in [1.82, 2.24) is 15.5 Å². The number of imide groups is 1. The second kappa shape index (κ2) is 4.69. The number of sulfone groups is 1. The molecule has 0 aliphatic carbocycles. The van der Waals surface area contributed by atoms with E-state index in [1.807, 2.05) is 0 Å². The van der Waals surface area contributed by atoms with Crippen molar-refractivity contribution in [2.75, 3.05) is 24.6 Å². The van der Waals surface area contributed by atoms with E-state index in [1.165, 1.54) is 4.90 Å². The van der Waals surface area contributed by atoms with Gasteiger partial charge < -0.3 is 10.2 Å². The first-order chi connectivity index (χ1) is 9.81. The summed E-state index contributed by atoms with van der Waals surface area (Å²) in [5.41, 5.74) is -1.05. The molecule has 1 spiro atoms. The zero-order valence-corrected chi connectivity index (χ0v) is 12.2.